The van der Waals surface area contributed by atoms with Crippen LogP contribution in [0.2, 0.25) is 0 Å². The van der Waals surface area contributed by atoms with Crippen molar-refractivity contribution in [1.82, 2.24) is 4.98 Å². The number of nitrogens with one attached hydrogen (secondary N) is 2. The van der Waals surface area contributed by atoms with Gasteiger partial charge in [-0.05, 0) is 15.9 Å². The van der Waals surface area contributed by atoms with Crippen LogP contribution in [0.1, 0.15) is 5.69 Å². The van der Waals surface area contributed by atoms with Crippen LogP contribution in [0.5, 0.6) is 0 Å². The van der Waals surface area contributed by atoms with Crippen molar-refractivity contribution in [2.75, 3.05) is 17.6 Å². The number of thioether (sulfide) groups is 1. The molecular weight excluding hydrogens is 298 g/mol. The molecule has 6 N–H and O–H groups in total. The van der Waals surface area contributed by atoms with Gasteiger partial charge in [-0.2, -0.15) is 11.8 Å². The van der Waals surface area contributed by atoms with Crippen LogP contribution in [0.15, 0.2) is 3.79 Å². The predicted octanol–water partition coefficient (Wildman–Crippen LogP) is 1.40. The highest BCUT2D eigenvalue weighted by molar-refractivity contribution is 9.11. The Hall–Kier alpha value is -0.310. The summed E-state index contributed by atoms with van der Waals surface area (Å²) in [5.74, 6) is 1.63. The molecule has 1 aromatic heterocycles. The smallest absolute Gasteiger partial charge is 0.192 e. The van der Waals surface area contributed by atoms with E-state index < -0.39 is 0 Å². The van der Waals surface area contributed by atoms with Crippen LogP contribution in [-0.4, -0.2) is 23.2 Å². The van der Waals surface area contributed by atoms with Crippen molar-refractivity contribution in [2.45, 2.75) is 5.75 Å². The summed E-state index contributed by atoms with van der Waals surface area (Å²) in [4.78, 5) is 4.30. The van der Waals surface area contributed by atoms with Crippen LogP contribution < -0.4 is 16.8 Å². The summed E-state index contributed by atoms with van der Waals surface area (Å²) in [7, 11) is 0. The van der Waals surface area contributed by atoms with Crippen LogP contribution in [0.4, 0.5) is 5.13 Å². The first-order chi connectivity index (χ1) is 7.13. The van der Waals surface area contributed by atoms with Gasteiger partial charge in [0, 0.05) is 18.1 Å². The molecule has 0 radical (unpaired) electrons. The van der Waals surface area contributed by atoms with Gasteiger partial charge in [0.15, 0.2) is 11.1 Å². The summed E-state index contributed by atoms with van der Waals surface area (Å²) in [5, 5.41) is 10.4. The van der Waals surface area contributed by atoms with Gasteiger partial charge in [-0.15, -0.1) is 0 Å². The van der Waals surface area contributed by atoms with Crippen LogP contribution in [-0.2, 0) is 5.75 Å². The van der Waals surface area contributed by atoms with Crippen molar-refractivity contribution < 1.29 is 0 Å². The van der Waals surface area contributed by atoms with Crippen LogP contribution in [0.25, 0.3) is 0 Å². The number of rotatable bonds is 5. The van der Waals surface area contributed by atoms with Gasteiger partial charge in [0.2, 0.25) is 0 Å². The molecule has 0 amide bonds. The monoisotopic (exact) mass is 309 g/mol. The van der Waals surface area contributed by atoms with Crippen molar-refractivity contribution in [3.63, 3.8) is 0 Å². The average Bonchev–Trinajstić information content (AvgIpc) is 2.46. The zero-order valence-electron chi connectivity index (χ0n) is 7.92. The fraction of sp³-hybridized carbons (Fsp3) is 0.429. The highest BCUT2D eigenvalue weighted by atomic mass is 79.9. The van der Waals surface area contributed by atoms with E-state index >= 15 is 0 Å². The fourth-order valence-corrected chi connectivity index (χ4v) is 3.24. The Balaban J connectivity index is 2.56. The normalized spacial score (nSPS) is 10.3. The van der Waals surface area contributed by atoms with E-state index in [4.69, 9.17) is 16.9 Å². The number of hydrogen-bond donors (Lipinski definition) is 4. The van der Waals surface area contributed by atoms with Gasteiger partial charge in [-0.3, -0.25) is 5.41 Å². The molecule has 0 bridgehead atoms. The van der Waals surface area contributed by atoms with E-state index in [9.17, 15) is 0 Å². The minimum Gasteiger partial charge on any atom is -0.370 e. The van der Waals surface area contributed by atoms with Gasteiger partial charge in [0.05, 0.1) is 9.48 Å². The highest BCUT2D eigenvalue weighted by Crippen LogP contribution is 2.30. The standard InChI is InChI=1S/C7H12BrN5S2/c8-5-4(3-14-2-1-9)12-7(15-5)13-6(10)11/h1-3,9H2,(H4,10,11,12,13). The first-order valence-electron chi connectivity index (χ1n) is 4.17. The van der Waals surface area contributed by atoms with Gasteiger partial charge < -0.3 is 16.8 Å². The molecule has 84 valence electrons. The van der Waals surface area contributed by atoms with Crippen LogP contribution >= 0.6 is 39.0 Å². The SMILES string of the molecule is N=C(N)Nc1nc(CSCCN)c(Br)s1. The second kappa shape index (κ2) is 6.31. The topological polar surface area (TPSA) is 101 Å². The van der Waals surface area contributed by atoms with Gasteiger partial charge >= 0.3 is 0 Å². The molecule has 0 unspecified atom stereocenters. The third-order valence-electron chi connectivity index (χ3n) is 1.39. The minimum atomic E-state index is -0.0996. The lowest BCUT2D eigenvalue weighted by atomic mass is 10.6. The second-order valence-corrected chi connectivity index (χ2v) is 6.04. The molecule has 0 saturated carbocycles. The zero-order chi connectivity index (χ0) is 11.3. The van der Waals surface area contributed by atoms with E-state index in [-0.39, 0.29) is 5.96 Å². The molecule has 0 fully saturated rings. The first kappa shape index (κ1) is 12.8. The summed E-state index contributed by atoms with van der Waals surface area (Å²) >= 11 is 6.58. The molecule has 0 spiro atoms. The van der Waals surface area contributed by atoms with Crippen LogP contribution in [0, 0.1) is 5.41 Å². The Kier molecular flexibility index (Phi) is 5.37. The number of thiazole rings is 1. The number of aromatic nitrogens is 1. The number of anilines is 1. The van der Waals surface area contributed by atoms with E-state index in [0.717, 1.165) is 21.0 Å². The maximum atomic E-state index is 7.08. The van der Waals surface area contributed by atoms with Gasteiger partial charge in [-0.25, -0.2) is 4.98 Å². The summed E-state index contributed by atoms with van der Waals surface area (Å²) in [5.41, 5.74) is 11.6. The molecule has 0 atom stereocenters. The maximum Gasteiger partial charge on any atom is 0.192 e. The largest absolute Gasteiger partial charge is 0.370 e. The molecule has 0 aliphatic rings. The molecule has 1 aromatic rings. The molecular formula is C7H12BrN5S2. The third-order valence-corrected chi connectivity index (χ3v) is 4.14. The average molecular weight is 310 g/mol. The van der Waals surface area contributed by atoms with Crippen molar-refractivity contribution in [2.24, 2.45) is 11.5 Å². The first-order valence-corrected chi connectivity index (χ1v) is 6.94. The predicted molar refractivity (Wildman–Crippen MR) is 70.6 cm³/mol. The lowest BCUT2D eigenvalue weighted by molar-refractivity contribution is 1.14. The summed E-state index contributed by atoms with van der Waals surface area (Å²) < 4.78 is 0.968. The van der Waals surface area contributed by atoms with Crippen molar-refractivity contribution in [3.05, 3.63) is 9.48 Å². The third kappa shape index (κ3) is 4.37. The van der Waals surface area contributed by atoms with Gasteiger partial charge in [0.25, 0.3) is 0 Å². The molecule has 15 heavy (non-hydrogen) atoms. The summed E-state index contributed by atoms with van der Waals surface area (Å²) in [6.45, 7) is 0.672. The van der Waals surface area contributed by atoms with E-state index in [1.807, 2.05) is 0 Å². The summed E-state index contributed by atoms with van der Waals surface area (Å²) in [6, 6.07) is 0. The van der Waals surface area contributed by atoms with Gasteiger partial charge in [0.1, 0.15) is 0 Å². The Bertz CT molecular complexity index is 340. The molecule has 0 aliphatic carbocycles. The Labute approximate surface area is 105 Å². The number of hydrogen-bond acceptors (Lipinski definition) is 5. The maximum absolute atomic E-state index is 7.08. The number of halogens is 1. The molecule has 0 aliphatic heterocycles. The van der Waals surface area contributed by atoms with Crippen molar-refractivity contribution in [3.8, 4) is 0 Å². The Morgan fingerprint density at radius 3 is 3.00 bits per heavy atom. The lowest BCUT2D eigenvalue weighted by Crippen LogP contribution is -2.20. The molecule has 0 aromatic carbocycles. The quantitative estimate of drug-likeness (QED) is 0.374. The second-order valence-electron chi connectivity index (χ2n) is 2.62. The Morgan fingerprint density at radius 2 is 2.40 bits per heavy atom. The molecule has 8 heteroatoms. The molecule has 0 saturated heterocycles. The molecule has 1 rings (SSSR count). The molecule has 5 nitrogen and oxygen atoms in total. The zero-order valence-corrected chi connectivity index (χ0v) is 11.1. The highest BCUT2D eigenvalue weighted by Gasteiger charge is 2.08. The number of nitrogens with zero attached hydrogens (tertiary/aromatic N) is 1. The Morgan fingerprint density at radius 1 is 1.67 bits per heavy atom. The van der Waals surface area contributed by atoms with E-state index in [1.54, 1.807) is 11.8 Å². The lowest BCUT2D eigenvalue weighted by Gasteiger charge is -1.97. The van der Waals surface area contributed by atoms with Gasteiger partial charge in [-0.1, -0.05) is 11.3 Å². The van der Waals surface area contributed by atoms with E-state index in [0.29, 0.717) is 11.7 Å². The van der Waals surface area contributed by atoms with Crippen molar-refractivity contribution >= 4 is 50.1 Å². The van der Waals surface area contributed by atoms with E-state index in [1.165, 1.54) is 11.3 Å². The summed E-state index contributed by atoms with van der Waals surface area (Å²) in [6.07, 6.45) is 0. The minimum absolute atomic E-state index is 0.0996. The van der Waals surface area contributed by atoms with Crippen LogP contribution in [0.3, 0.4) is 0 Å². The number of nitrogens with two attached hydrogens (primary N) is 2. The number of guanidine groups is 1. The molecule has 1 heterocycles. The fourth-order valence-electron chi connectivity index (χ4n) is 0.843. The van der Waals surface area contributed by atoms with Crippen molar-refractivity contribution in [1.29, 1.82) is 5.41 Å². The van der Waals surface area contributed by atoms with E-state index in [2.05, 4.69) is 26.2 Å².